The predicted molar refractivity (Wildman–Crippen MR) is 250 cm³/mol. The van der Waals surface area contributed by atoms with Gasteiger partial charge in [-0.05, 0) is 39.2 Å². The lowest BCUT2D eigenvalue weighted by atomic mass is 9.81. The van der Waals surface area contributed by atoms with E-state index >= 15 is 0 Å². The molecule has 6 nitrogen and oxygen atoms in total. The van der Waals surface area contributed by atoms with E-state index in [0.717, 1.165) is 55.6 Å². The molecule has 0 atom stereocenters. The Balaban J connectivity index is 0.0000168. The minimum atomic E-state index is -0.545. The van der Waals surface area contributed by atoms with Crippen LogP contribution in [0.3, 0.4) is 0 Å². The second-order valence-corrected chi connectivity index (χ2v) is 17.2. The van der Waals surface area contributed by atoms with Crippen LogP contribution >= 0.6 is 17.0 Å². The van der Waals surface area contributed by atoms with Crippen LogP contribution in [0, 0.1) is 0 Å². The van der Waals surface area contributed by atoms with Gasteiger partial charge in [0, 0.05) is 29.4 Å². The van der Waals surface area contributed by atoms with Gasteiger partial charge >= 0.3 is 11.9 Å². The molecule has 0 bridgehead atoms. The number of dihydropyridines is 1. The maximum Gasteiger partial charge on any atom is 0.336 e. The lowest BCUT2D eigenvalue weighted by molar-refractivity contribution is -0.697. The van der Waals surface area contributed by atoms with E-state index in [1.807, 2.05) is 19.9 Å². The minimum absolute atomic E-state index is 0. The molecule has 0 aliphatic carbocycles. The number of carbonyl (C=O) groups excluding carboxylic acids is 2. The summed E-state index contributed by atoms with van der Waals surface area (Å²) in [7, 11) is 0. The Morgan fingerprint density at radius 2 is 0.847 bits per heavy atom. The van der Waals surface area contributed by atoms with Crippen molar-refractivity contribution in [1.82, 2.24) is 5.32 Å². The fourth-order valence-corrected chi connectivity index (χ4v) is 8.34. The van der Waals surface area contributed by atoms with E-state index in [0.29, 0.717) is 24.4 Å². The summed E-state index contributed by atoms with van der Waals surface area (Å²) in [5, 5.41) is 3.37. The third-order valence-corrected chi connectivity index (χ3v) is 11.9. The van der Waals surface area contributed by atoms with Gasteiger partial charge in [-0.15, -0.1) is 17.0 Å². The van der Waals surface area contributed by atoms with Crippen LogP contribution < -0.4 is 26.9 Å². The number of aryl methyl sites for hydroxylation is 1. The normalized spacial score (nSPS) is 12.9. The van der Waals surface area contributed by atoms with Gasteiger partial charge < -0.3 is 31.8 Å². The molecule has 8 heteroatoms. The van der Waals surface area contributed by atoms with Gasteiger partial charge in [-0.2, -0.15) is 0 Å². The number of carbonyl (C=O) groups is 2. The molecule has 1 aliphatic heterocycles. The number of hydrogen-bond acceptors (Lipinski definition) is 5. The summed E-state index contributed by atoms with van der Waals surface area (Å²) in [5.74, 6) is -1.22. The number of rotatable bonds is 37. The van der Waals surface area contributed by atoms with Crippen molar-refractivity contribution in [3.63, 3.8) is 0 Å². The van der Waals surface area contributed by atoms with Crippen LogP contribution in [0.1, 0.15) is 245 Å². The quantitative estimate of drug-likeness (QED) is 0.0409. The zero-order chi connectivity index (χ0) is 41.2. The van der Waals surface area contributed by atoms with Crippen molar-refractivity contribution in [3.8, 4) is 0 Å². The standard InChI is InChI=1S/C51H88N2O4.2BrH/c1-6-9-12-15-18-20-22-24-26-29-32-35-41-56-50(54)47-44(4)52-45(5)48(51(55)57-42-36-33-30-27-25-23-21-19-16-13-10-7-2)49(47)46-38-37-40-53(43-46)39-34-31-28-17-14-11-8-3;;/h37-38,40,43,49H,6-36,39,41-42H2,1-5H3;2*1H. The Hall–Kier alpha value is -1.67. The third-order valence-electron chi connectivity index (χ3n) is 11.9. The first-order valence-electron chi connectivity index (χ1n) is 24.5. The molecule has 0 spiro atoms. The lowest BCUT2D eigenvalue weighted by Crippen LogP contribution is -3.00. The molecule has 2 rings (SSSR count). The number of pyridine rings is 1. The molecule has 1 aliphatic rings. The molecule has 59 heavy (non-hydrogen) atoms. The number of aromatic nitrogens is 1. The van der Waals surface area contributed by atoms with E-state index in [-0.39, 0.29) is 45.9 Å². The summed E-state index contributed by atoms with van der Waals surface area (Å²) in [6, 6.07) is 4.10. The SMILES string of the molecule is Br.CCCCCCCCCCCCCCOC(=O)C1=C(C)NC(C)=C(C(=O)OCCCCCCCCCCCCCC)C1c1ccc[n+](CCCCCCCCC)c1.[Br-]. The first kappa shape index (κ1) is 57.3. The molecule has 0 amide bonds. The van der Waals surface area contributed by atoms with Crippen LogP contribution in [0.5, 0.6) is 0 Å². The second-order valence-electron chi connectivity index (χ2n) is 17.2. The monoisotopic (exact) mass is 953 g/mol. The molecule has 0 saturated heterocycles. The van der Waals surface area contributed by atoms with Crippen molar-refractivity contribution < 1.29 is 40.6 Å². The molecule has 342 valence electrons. The zero-order valence-corrected chi connectivity index (χ0v) is 42.1. The summed E-state index contributed by atoms with van der Waals surface area (Å²) >= 11 is 0. The fraction of sp³-hybridized carbons (Fsp3) is 0.784. The van der Waals surface area contributed by atoms with Crippen molar-refractivity contribution in [2.24, 2.45) is 0 Å². The number of nitrogens with zero attached hydrogens (tertiary/aromatic N) is 1. The highest BCUT2D eigenvalue weighted by Crippen LogP contribution is 2.39. The molecule has 2 heterocycles. The summed E-state index contributed by atoms with van der Waals surface area (Å²) < 4.78 is 14.2. The van der Waals surface area contributed by atoms with Gasteiger partial charge in [-0.25, -0.2) is 14.2 Å². The third kappa shape index (κ3) is 26.4. The maximum atomic E-state index is 14.0. The zero-order valence-electron chi connectivity index (χ0n) is 38.8. The summed E-state index contributed by atoms with van der Waals surface area (Å²) in [6.45, 7) is 12.4. The van der Waals surface area contributed by atoms with E-state index in [4.69, 9.17) is 9.47 Å². The number of esters is 2. The summed E-state index contributed by atoms with van der Waals surface area (Å²) in [6.07, 6.45) is 43.3. The number of unbranched alkanes of at least 4 members (excludes halogenated alkanes) is 28. The predicted octanol–water partition coefficient (Wildman–Crippen LogP) is 12.0. The van der Waals surface area contributed by atoms with E-state index in [1.54, 1.807) is 0 Å². The molecule has 0 aromatic carbocycles. The van der Waals surface area contributed by atoms with Crippen molar-refractivity contribution in [2.45, 2.75) is 246 Å². The summed E-state index contributed by atoms with van der Waals surface area (Å²) in [5.41, 5.74) is 3.46. The van der Waals surface area contributed by atoms with Crippen LogP contribution in [0.2, 0.25) is 0 Å². The number of ether oxygens (including phenoxy) is 2. The highest BCUT2D eigenvalue weighted by atomic mass is 79.9. The molecular weight excluding hydrogens is 864 g/mol. The molecule has 0 fully saturated rings. The minimum Gasteiger partial charge on any atom is -1.00 e. The topological polar surface area (TPSA) is 68.5 Å². The number of hydrogen-bond donors (Lipinski definition) is 1. The number of allylic oxidation sites excluding steroid dienone is 2. The second kappa shape index (κ2) is 39.2. The van der Waals surface area contributed by atoms with E-state index in [2.05, 4.69) is 49.1 Å². The van der Waals surface area contributed by atoms with E-state index < -0.39 is 5.92 Å². The molecular formula is C51H90Br2N2O4. The van der Waals surface area contributed by atoms with Gasteiger partial charge in [0.2, 0.25) is 0 Å². The number of halogens is 2. The van der Waals surface area contributed by atoms with Gasteiger partial charge in [0.25, 0.3) is 0 Å². The van der Waals surface area contributed by atoms with Crippen molar-refractivity contribution in [2.75, 3.05) is 13.2 Å². The molecule has 0 radical (unpaired) electrons. The Morgan fingerprint density at radius 3 is 1.20 bits per heavy atom. The molecule has 1 aromatic heterocycles. The van der Waals surface area contributed by atoms with Gasteiger partial charge in [-0.1, -0.05) is 194 Å². The van der Waals surface area contributed by atoms with Gasteiger partial charge in [0.05, 0.1) is 30.3 Å². The van der Waals surface area contributed by atoms with Crippen molar-refractivity contribution in [3.05, 3.63) is 52.6 Å². The van der Waals surface area contributed by atoms with E-state index in [9.17, 15) is 9.59 Å². The van der Waals surface area contributed by atoms with Crippen LogP contribution in [0.25, 0.3) is 0 Å². The average molecular weight is 955 g/mol. The van der Waals surface area contributed by atoms with Crippen molar-refractivity contribution >= 4 is 28.9 Å². The van der Waals surface area contributed by atoms with Crippen molar-refractivity contribution in [1.29, 1.82) is 0 Å². The number of nitrogens with one attached hydrogen (secondary N) is 1. The maximum absolute atomic E-state index is 14.0. The van der Waals surface area contributed by atoms with Crippen LogP contribution in [-0.4, -0.2) is 25.2 Å². The Morgan fingerprint density at radius 1 is 0.525 bits per heavy atom. The highest BCUT2D eigenvalue weighted by Gasteiger charge is 2.39. The highest BCUT2D eigenvalue weighted by molar-refractivity contribution is 8.93. The molecule has 0 unspecified atom stereocenters. The van der Waals surface area contributed by atoms with Crippen LogP contribution in [-0.2, 0) is 25.6 Å². The summed E-state index contributed by atoms with van der Waals surface area (Å²) in [4.78, 5) is 27.9. The van der Waals surface area contributed by atoms with Gasteiger partial charge in [0.1, 0.15) is 6.54 Å². The van der Waals surface area contributed by atoms with Gasteiger partial charge in [-0.3, -0.25) is 0 Å². The Bertz CT molecular complexity index is 1200. The Labute approximate surface area is 384 Å². The Kier molecular flexibility index (Phi) is 38.1. The van der Waals surface area contributed by atoms with Crippen LogP contribution in [0.4, 0.5) is 0 Å². The first-order chi connectivity index (χ1) is 27.9. The molecule has 0 saturated carbocycles. The fourth-order valence-electron chi connectivity index (χ4n) is 8.34. The smallest absolute Gasteiger partial charge is 0.336 e. The molecule has 1 N–H and O–H groups in total. The average Bonchev–Trinajstić information content (AvgIpc) is 3.20. The van der Waals surface area contributed by atoms with Crippen LogP contribution in [0.15, 0.2) is 47.1 Å². The largest absolute Gasteiger partial charge is 1.00 e. The lowest BCUT2D eigenvalue weighted by Gasteiger charge is -2.30. The van der Waals surface area contributed by atoms with E-state index in [1.165, 1.54) is 167 Å². The first-order valence-corrected chi connectivity index (χ1v) is 24.5. The molecule has 1 aromatic rings. The van der Waals surface area contributed by atoms with Gasteiger partial charge in [0.15, 0.2) is 12.4 Å².